The highest BCUT2D eigenvalue weighted by Gasteiger charge is 2.26. The molecule has 0 unspecified atom stereocenters. The SMILES string of the molecule is CC(C)[C@H]1C[C@@H](NC(=O)c2cccc(OCc3cccnc3)c2)CCO1. The molecule has 3 rings (SSSR count). The molecule has 1 saturated heterocycles. The minimum absolute atomic E-state index is 0.0637. The molecule has 5 heteroatoms. The molecule has 0 bridgehead atoms. The lowest BCUT2D eigenvalue weighted by atomic mass is 9.95. The molecule has 1 aromatic heterocycles. The molecule has 138 valence electrons. The number of hydrogen-bond acceptors (Lipinski definition) is 4. The van der Waals surface area contributed by atoms with Gasteiger partial charge in [-0.1, -0.05) is 26.0 Å². The van der Waals surface area contributed by atoms with E-state index < -0.39 is 0 Å². The third-order valence-corrected chi connectivity index (χ3v) is 4.62. The van der Waals surface area contributed by atoms with Gasteiger partial charge in [0.25, 0.3) is 5.91 Å². The summed E-state index contributed by atoms with van der Waals surface area (Å²) in [6, 6.07) is 11.3. The average Bonchev–Trinajstić information content (AvgIpc) is 2.67. The number of nitrogens with zero attached hydrogens (tertiary/aromatic N) is 1. The standard InChI is InChI=1S/C21H26N2O3/c1-15(2)20-12-18(8-10-25-20)23-21(24)17-6-3-7-19(11-17)26-14-16-5-4-9-22-13-16/h3-7,9,11,13,15,18,20H,8,10,12,14H2,1-2H3,(H,23,24)/t18-,20+/m0/s1. The minimum Gasteiger partial charge on any atom is -0.489 e. The van der Waals surface area contributed by atoms with Gasteiger partial charge >= 0.3 is 0 Å². The fourth-order valence-electron chi connectivity index (χ4n) is 3.07. The summed E-state index contributed by atoms with van der Waals surface area (Å²) in [5.41, 5.74) is 1.60. The Bertz CT molecular complexity index is 718. The normalized spacial score (nSPS) is 20.0. The first kappa shape index (κ1) is 18.4. The number of hydrogen-bond donors (Lipinski definition) is 1. The van der Waals surface area contributed by atoms with E-state index in [0.717, 1.165) is 18.4 Å². The maximum Gasteiger partial charge on any atom is 0.251 e. The first-order valence-corrected chi connectivity index (χ1v) is 9.16. The van der Waals surface area contributed by atoms with Gasteiger partial charge in [-0.3, -0.25) is 9.78 Å². The highest BCUT2D eigenvalue weighted by molar-refractivity contribution is 5.94. The van der Waals surface area contributed by atoms with Gasteiger partial charge in [0.2, 0.25) is 0 Å². The molecule has 2 atom stereocenters. The average molecular weight is 354 g/mol. The van der Waals surface area contributed by atoms with Gasteiger partial charge < -0.3 is 14.8 Å². The Morgan fingerprint density at radius 1 is 1.35 bits per heavy atom. The van der Waals surface area contributed by atoms with Crippen LogP contribution in [0.1, 0.15) is 42.6 Å². The van der Waals surface area contributed by atoms with Crippen molar-refractivity contribution in [3.8, 4) is 5.75 Å². The monoisotopic (exact) mass is 354 g/mol. The number of amides is 1. The van der Waals surface area contributed by atoms with E-state index in [1.807, 2.05) is 30.3 Å². The van der Waals surface area contributed by atoms with Crippen LogP contribution in [0.2, 0.25) is 0 Å². The number of ether oxygens (including phenoxy) is 2. The Labute approximate surface area is 154 Å². The van der Waals surface area contributed by atoms with Gasteiger partial charge in [-0.25, -0.2) is 0 Å². The number of rotatable bonds is 6. The first-order valence-electron chi connectivity index (χ1n) is 9.16. The fourth-order valence-corrected chi connectivity index (χ4v) is 3.07. The van der Waals surface area contributed by atoms with E-state index in [0.29, 0.717) is 30.4 Å². The number of pyridine rings is 1. The van der Waals surface area contributed by atoms with Crippen molar-refractivity contribution in [2.75, 3.05) is 6.61 Å². The Kier molecular flexibility index (Phi) is 6.23. The molecule has 0 aliphatic carbocycles. The zero-order valence-electron chi connectivity index (χ0n) is 15.4. The molecule has 0 radical (unpaired) electrons. The van der Waals surface area contributed by atoms with Crippen LogP contribution in [-0.2, 0) is 11.3 Å². The van der Waals surface area contributed by atoms with Crippen LogP contribution in [0, 0.1) is 5.92 Å². The number of nitrogens with one attached hydrogen (secondary N) is 1. The topological polar surface area (TPSA) is 60.5 Å². The van der Waals surface area contributed by atoms with E-state index in [4.69, 9.17) is 9.47 Å². The fraction of sp³-hybridized carbons (Fsp3) is 0.429. The maximum atomic E-state index is 12.6. The quantitative estimate of drug-likeness (QED) is 0.861. The first-order chi connectivity index (χ1) is 12.6. The second-order valence-corrected chi connectivity index (χ2v) is 7.03. The largest absolute Gasteiger partial charge is 0.489 e. The molecule has 2 heterocycles. The lowest BCUT2D eigenvalue weighted by Crippen LogP contribution is -2.43. The van der Waals surface area contributed by atoms with E-state index in [1.165, 1.54) is 0 Å². The van der Waals surface area contributed by atoms with Gasteiger partial charge in [-0.2, -0.15) is 0 Å². The summed E-state index contributed by atoms with van der Waals surface area (Å²) >= 11 is 0. The van der Waals surface area contributed by atoms with E-state index in [-0.39, 0.29) is 18.1 Å². The molecule has 1 amide bonds. The van der Waals surface area contributed by atoms with Gasteiger partial charge in [-0.05, 0) is 43.0 Å². The molecule has 0 spiro atoms. The van der Waals surface area contributed by atoms with Gasteiger partial charge in [0.15, 0.2) is 0 Å². The second-order valence-electron chi connectivity index (χ2n) is 7.03. The van der Waals surface area contributed by atoms with E-state index in [2.05, 4.69) is 24.1 Å². The van der Waals surface area contributed by atoms with Crippen molar-refractivity contribution in [2.24, 2.45) is 5.92 Å². The van der Waals surface area contributed by atoms with Crippen molar-refractivity contribution in [1.82, 2.24) is 10.3 Å². The van der Waals surface area contributed by atoms with Crippen LogP contribution in [0.3, 0.4) is 0 Å². The summed E-state index contributed by atoms with van der Waals surface area (Å²) in [5, 5.41) is 3.14. The summed E-state index contributed by atoms with van der Waals surface area (Å²) in [6.45, 7) is 5.42. The Morgan fingerprint density at radius 2 is 2.23 bits per heavy atom. The second kappa shape index (κ2) is 8.81. The summed E-state index contributed by atoms with van der Waals surface area (Å²) in [4.78, 5) is 16.7. The summed E-state index contributed by atoms with van der Waals surface area (Å²) in [6.07, 6.45) is 5.43. The van der Waals surface area contributed by atoms with Crippen LogP contribution < -0.4 is 10.1 Å². The lowest BCUT2D eigenvalue weighted by Gasteiger charge is -2.32. The van der Waals surface area contributed by atoms with Crippen LogP contribution in [0.5, 0.6) is 5.75 Å². The third kappa shape index (κ3) is 5.05. The Morgan fingerprint density at radius 3 is 3.00 bits per heavy atom. The van der Waals surface area contributed by atoms with Crippen LogP contribution in [0.25, 0.3) is 0 Å². The maximum absolute atomic E-state index is 12.6. The van der Waals surface area contributed by atoms with Crippen LogP contribution in [0.15, 0.2) is 48.8 Å². The van der Waals surface area contributed by atoms with Crippen LogP contribution >= 0.6 is 0 Å². The zero-order chi connectivity index (χ0) is 18.4. The molecule has 1 aliphatic heterocycles. The highest BCUT2D eigenvalue weighted by atomic mass is 16.5. The molecule has 26 heavy (non-hydrogen) atoms. The summed E-state index contributed by atoms with van der Waals surface area (Å²) < 4.78 is 11.6. The number of carbonyl (C=O) groups excluding carboxylic acids is 1. The van der Waals surface area contributed by atoms with Crippen molar-refractivity contribution in [2.45, 2.75) is 45.4 Å². The van der Waals surface area contributed by atoms with E-state index >= 15 is 0 Å². The Balaban J connectivity index is 1.57. The molecular formula is C21H26N2O3. The highest BCUT2D eigenvalue weighted by Crippen LogP contribution is 2.21. The lowest BCUT2D eigenvalue weighted by molar-refractivity contribution is -0.0233. The smallest absolute Gasteiger partial charge is 0.251 e. The molecule has 0 saturated carbocycles. The predicted molar refractivity (Wildman–Crippen MR) is 100 cm³/mol. The molecule has 1 aliphatic rings. The molecule has 5 nitrogen and oxygen atoms in total. The summed E-state index contributed by atoms with van der Waals surface area (Å²) in [5.74, 6) is 1.07. The van der Waals surface area contributed by atoms with Crippen molar-refractivity contribution < 1.29 is 14.3 Å². The zero-order valence-corrected chi connectivity index (χ0v) is 15.4. The van der Waals surface area contributed by atoms with E-state index in [1.54, 1.807) is 18.5 Å². The molecule has 1 fully saturated rings. The van der Waals surface area contributed by atoms with Crippen LogP contribution in [0.4, 0.5) is 0 Å². The molecule has 1 N–H and O–H groups in total. The summed E-state index contributed by atoms with van der Waals surface area (Å²) in [7, 11) is 0. The minimum atomic E-state index is -0.0637. The van der Waals surface area contributed by atoms with Crippen molar-refractivity contribution in [3.05, 3.63) is 59.9 Å². The number of carbonyl (C=O) groups is 1. The molecule has 2 aromatic rings. The number of benzene rings is 1. The van der Waals surface area contributed by atoms with Crippen molar-refractivity contribution >= 4 is 5.91 Å². The Hall–Kier alpha value is -2.40. The van der Waals surface area contributed by atoms with E-state index in [9.17, 15) is 4.79 Å². The molecule has 1 aromatic carbocycles. The van der Waals surface area contributed by atoms with Gasteiger partial charge in [-0.15, -0.1) is 0 Å². The molecular weight excluding hydrogens is 328 g/mol. The van der Waals surface area contributed by atoms with Gasteiger partial charge in [0.1, 0.15) is 12.4 Å². The van der Waals surface area contributed by atoms with Crippen LogP contribution in [-0.4, -0.2) is 29.6 Å². The van der Waals surface area contributed by atoms with Crippen molar-refractivity contribution in [1.29, 1.82) is 0 Å². The van der Waals surface area contributed by atoms with Crippen molar-refractivity contribution in [3.63, 3.8) is 0 Å². The van der Waals surface area contributed by atoms with Gasteiger partial charge in [0, 0.05) is 36.2 Å². The number of aromatic nitrogens is 1. The van der Waals surface area contributed by atoms with Gasteiger partial charge in [0.05, 0.1) is 6.10 Å². The predicted octanol–water partition coefficient (Wildman–Crippen LogP) is 3.59. The third-order valence-electron chi connectivity index (χ3n) is 4.62.